The molecule has 1 aromatic heterocycles. The maximum Gasteiger partial charge on any atom is 0.269 e. The highest BCUT2D eigenvalue weighted by molar-refractivity contribution is 5.95. The number of carbonyl (C=O) groups is 1. The van der Waals surface area contributed by atoms with E-state index in [1.807, 2.05) is 18.2 Å². The largest absolute Gasteiger partial charge is 0.487 e. The molecule has 0 saturated carbocycles. The monoisotopic (exact) mass is 273 g/mol. The fraction of sp³-hybridized carbons (Fsp3) is 0.154. The van der Waals surface area contributed by atoms with Crippen LogP contribution in [-0.4, -0.2) is 15.9 Å². The Morgan fingerprint density at radius 1 is 1.30 bits per heavy atom. The second-order valence-electron chi connectivity index (χ2n) is 4.06. The standard InChI is InChI=1S/C13H15N5O2/c1-8-11(12(19)18-15)10(17-13(14)16-8)7-20-9-5-3-2-4-6-9/h2-6H,7,15H2,1H3,(H,18,19)(H2,14,16,17). The molecule has 0 bridgehead atoms. The molecular formula is C13H15N5O2. The van der Waals surface area contributed by atoms with Crippen molar-refractivity contribution in [1.29, 1.82) is 0 Å². The Hall–Kier alpha value is -2.67. The Bertz CT molecular complexity index is 616. The number of amides is 1. The zero-order chi connectivity index (χ0) is 14.5. The molecule has 0 spiro atoms. The van der Waals surface area contributed by atoms with Crippen molar-refractivity contribution in [3.8, 4) is 5.75 Å². The first-order valence-corrected chi connectivity index (χ1v) is 5.93. The molecule has 7 heteroatoms. The van der Waals surface area contributed by atoms with Crippen LogP contribution in [0.2, 0.25) is 0 Å². The lowest BCUT2D eigenvalue weighted by Crippen LogP contribution is -2.32. The SMILES string of the molecule is Cc1nc(N)nc(COc2ccccc2)c1C(=O)NN. The lowest BCUT2D eigenvalue weighted by Gasteiger charge is -2.11. The van der Waals surface area contributed by atoms with E-state index in [4.69, 9.17) is 16.3 Å². The molecule has 0 unspecified atom stereocenters. The van der Waals surface area contributed by atoms with Crippen molar-refractivity contribution >= 4 is 11.9 Å². The van der Waals surface area contributed by atoms with Gasteiger partial charge in [-0.3, -0.25) is 10.2 Å². The number of aromatic nitrogens is 2. The average molecular weight is 273 g/mol. The normalized spacial score (nSPS) is 10.1. The number of hydrazine groups is 1. The fourth-order valence-corrected chi connectivity index (χ4v) is 1.80. The first-order valence-electron chi connectivity index (χ1n) is 5.93. The van der Waals surface area contributed by atoms with Gasteiger partial charge in [0.05, 0.1) is 17.0 Å². The summed E-state index contributed by atoms with van der Waals surface area (Å²) < 4.78 is 5.57. The van der Waals surface area contributed by atoms with Crippen LogP contribution in [0.3, 0.4) is 0 Å². The summed E-state index contributed by atoms with van der Waals surface area (Å²) in [5.41, 5.74) is 8.78. The van der Waals surface area contributed by atoms with E-state index in [9.17, 15) is 4.79 Å². The quantitative estimate of drug-likeness (QED) is 0.425. The summed E-state index contributed by atoms with van der Waals surface area (Å²) in [4.78, 5) is 19.8. The zero-order valence-corrected chi connectivity index (χ0v) is 11.0. The van der Waals surface area contributed by atoms with Crippen LogP contribution in [0.15, 0.2) is 30.3 Å². The maximum absolute atomic E-state index is 11.8. The Morgan fingerprint density at radius 3 is 2.65 bits per heavy atom. The van der Waals surface area contributed by atoms with E-state index in [-0.39, 0.29) is 18.1 Å². The fourth-order valence-electron chi connectivity index (χ4n) is 1.80. The summed E-state index contributed by atoms with van der Waals surface area (Å²) in [6, 6.07) is 9.19. The second kappa shape index (κ2) is 5.98. The van der Waals surface area contributed by atoms with Gasteiger partial charge >= 0.3 is 0 Å². The number of nitrogens with zero attached hydrogens (tertiary/aromatic N) is 2. The molecule has 0 radical (unpaired) electrons. The molecule has 0 aliphatic heterocycles. The van der Waals surface area contributed by atoms with Crippen molar-refractivity contribution < 1.29 is 9.53 Å². The van der Waals surface area contributed by atoms with Crippen molar-refractivity contribution in [2.24, 2.45) is 5.84 Å². The van der Waals surface area contributed by atoms with Gasteiger partial charge in [0.2, 0.25) is 5.95 Å². The Morgan fingerprint density at radius 2 is 2.00 bits per heavy atom. The third-order valence-corrected chi connectivity index (χ3v) is 2.66. The Labute approximate surface area is 115 Å². The first kappa shape index (κ1) is 13.8. The number of anilines is 1. The van der Waals surface area contributed by atoms with Crippen molar-refractivity contribution in [3.63, 3.8) is 0 Å². The number of aryl methyl sites for hydroxylation is 1. The average Bonchev–Trinajstić information content (AvgIpc) is 2.45. The van der Waals surface area contributed by atoms with Gasteiger partial charge in [0.15, 0.2) is 0 Å². The molecule has 1 heterocycles. The number of nitrogens with one attached hydrogen (secondary N) is 1. The molecule has 20 heavy (non-hydrogen) atoms. The molecule has 0 aliphatic carbocycles. The Kier molecular flexibility index (Phi) is 4.11. The summed E-state index contributed by atoms with van der Waals surface area (Å²) in [5.74, 6) is 5.44. The van der Waals surface area contributed by atoms with Crippen LogP contribution in [0, 0.1) is 6.92 Å². The molecule has 0 atom stereocenters. The summed E-state index contributed by atoms with van der Waals surface area (Å²) >= 11 is 0. The number of nitrogen functional groups attached to an aromatic ring is 2. The van der Waals surface area contributed by atoms with Crippen molar-refractivity contribution in [1.82, 2.24) is 15.4 Å². The minimum Gasteiger partial charge on any atom is -0.487 e. The maximum atomic E-state index is 11.8. The van der Waals surface area contributed by atoms with E-state index < -0.39 is 5.91 Å². The summed E-state index contributed by atoms with van der Waals surface area (Å²) in [5, 5.41) is 0. The van der Waals surface area contributed by atoms with Crippen LogP contribution in [0.4, 0.5) is 5.95 Å². The molecule has 0 saturated heterocycles. The van der Waals surface area contributed by atoms with Crippen LogP contribution in [-0.2, 0) is 6.61 Å². The van der Waals surface area contributed by atoms with Crippen LogP contribution in [0.1, 0.15) is 21.7 Å². The number of nitrogens with two attached hydrogens (primary N) is 2. The van der Waals surface area contributed by atoms with Crippen LogP contribution >= 0.6 is 0 Å². The summed E-state index contributed by atoms with van der Waals surface area (Å²) in [6.07, 6.45) is 0. The van der Waals surface area contributed by atoms with Gasteiger partial charge in [-0.15, -0.1) is 0 Å². The molecule has 0 fully saturated rings. The number of benzene rings is 1. The zero-order valence-electron chi connectivity index (χ0n) is 11.0. The van der Waals surface area contributed by atoms with Gasteiger partial charge in [-0.05, 0) is 19.1 Å². The van der Waals surface area contributed by atoms with Gasteiger partial charge in [-0.25, -0.2) is 15.8 Å². The van der Waals surface area contributed by atoms with Gasteiger partial charge in [0, 0.05) is 0 Å². The van der Waals surface area contributed by atoms with Gasteiger partial charge in [0.1, 0.15) is 12.4 Å². The van der Waals surface area contributed by atoms with Crippen LogP contribution < -0.4 is 21.7 Å². The highest BCUT2D eigenvalue weighted by atomic mass is 16.5. The van der Waals surface area contributed by atoms with E-state index in [1.54, 1.807) is 19.1 Å². The van der Waals surface area contributed by atoms with Crippen molar-refractivity contribution in [2.45, 2.75) is 13.5 Å². The molecule has 5 N–H and O–H groups in total. The molecule has 1 aromatic carbocycles. The van der Waals surface area contributed by atoms with E-state index in [0.717, 1.165) is 0 Å². The van der Waals surface area contributed by atoms with Gasteiger partial charge in [-0.2, -0.15) is 0 Å². The number of hydrogen-bond acceptors (Lipinski definition) is 6. The third kappa shape index (κ3) is 3.01. The highest BCUT2D eigenvalue weighted by Gasteiger charge is 2.17. The van der Waals surface area contributed by atoms with E-state index in [1.165, 1.54) is 0 Å². The highest BCUT2D eigenvalue weighted by Crippen LogP contribution is 2.16. The molecule has 1 amide bonds. The molecule has 2 rings (SSSR count). The molecule has 2 aromatic rings. The second-order valence-corrected chi connectivity index (χ2v) is 4.06. The van der Waals surface area contributed by atoms with Crippen molar-refractivity contribution in [3.05, 3.63) is 47.3 Å². The number of para-hydroxylation sites is 1. The van der Waals surface area contributed by atoms with E-state index in [2.05, 4.69) is 15.4 Å². The number of rotatable bonds is 4. The molecular weight excluding hydrogens is 258 g/mol. The summed E-state index contributed by atoms with van der Waals surface area (Å²) in [7, 11) is 0. The molecule has 104 valence electrons. The number of ether oxygens (including phenoxy) is 1. The lowest BCUT2D eigenvalue weighted by atomic mass is 10.1. The van der Waals surface area contributed by atoms with Gasteiger partial charge in [0.25, 0.3) is 5.91 Å². The lowest BCUT2D eigenvalue weighted by molar-refractivity contribution is 0.0949. The third-order valence-electron chi connectivity index (χ3n) is 2.66. The van der Waals surface area contributed by atoms with Crippen molar-refractivity contribution in [2.75, 3.05) is 5.73 Å². The predicted molar refractivity (Wildman–Crippen MR) is 73.6 cm³/mol. The minimum atomic E-state index is -0.478. The molecule has 7 nitrogen and oxygen atoms in total. The van der Waals surface area contributed by atoms with Gasteiger partial charge < -0.3 is 10.5 Å². The van der Waals surface area contributed by atoms with Crippen LogP contribution in [0.25, 0.3) is 0 Å². The number of hydrogen-bond donors (Lipinski definition) is 3. The topological polar surface area (TPSA) is 116 Å². The number of carbonyl (C=O) groups excluding carboxylic acids is 1. The Balaban J connectivity index is 2.28. The summed E-state index contributed by atoms with van der Waals surface area (Å²) in [6.45, 7) is 1.76. The van der Waals surface area contributed by atoms with Gasteiger partial charge in [-0.1, -0.05) is 18.2 Å². The predicted octanol–water partition coefficient (Wildman–Crippen LogP) is 0.550. The smallest absolute Gasteiger partial charge is 0.269 e. The van der Waals surface area contributed by atoms with Crippen LogP contribution in [0.5, 0.6) is 5.75 Å². The first-order chi connectivity index (χ1) is 9.61. The molecule has 0 aliphatic rings. The van der Waals surface area contributed by atoms with E-state index >= 15 is 0 Å². The minimum absolute atomic E-state index is 0.0859. The van der Waals surface area contributed by atoms with E-state index in [0.29, 0.717) is 17.1 Å².